The van der Waals surface area contributed by atoms with Crippen molar-refractivity contribution in [1.82, 2.24) is 9.88 Å². The topological polar surface area (TPSA) is 16.1 Å². The van der Waals surface area contributed by atoms with Gasteiger partial charge in [0, 0.05) is 5.25 Å². The van der Waals surface area contributed by atoms with Gasteiger partial charge >= 0.3 is 0 Å². The molecular formula is C11H15BrN2S. The molecule has 4 heteroatoms. The van der Waals surface area contributed by atoms with Crippen LogP contribution in [0.25, 0.3) is 0 Å². The van der Waals surface area contributed by atoms with E-state index in [4.69, 9.17) is 0 Å². The Hall–Kier alpha value is -0.0600. The van der Waals surface area contributed by atoms with Gasteiger partial charge in [-0.2, -0.15) is 0 Å². The third kappa shape index (κ3) is 3.47. The molecule has 0 aromatic carbocycles. The number of nitrogens with zero attached hydrogens (tertiary/aromatic N) is 2. The van der Waals surface area contributed by atoms with E-state index in [0.29, 0.717) is 0 Å². The molecule has 2 nitrogen and oxygen atoms in total. The van der Waals surface area contributed by atoms with Crippen LogP contribution >= 0.6 is 27.7 Å². The first kappa shape index (κ1) is 11.4. The van der Waals surface area contributed by atoms with Crippen LogP contribution in [0.4, 0.5) is 0 Å². The Morgan fingerprint density at radius 1 is 1.40 bits per heavy atom. The number of halogens is 1. The summed E-state index contributed by atoms with van der Waals surface area (Å²) in [4.78, 5) is 6.85. The molecule has 0 saturated carbocycles. The Balaban J connectivity index is 1.92. The number of hydrogen-bond donors (Lipinski definition) is 0. The van der Waals surface area contributed by atoms with E-state index in [1.54, 1.807) is 0 Å². The van der Waals surface area contributed by atoms with Crippen LogP contribution in [0.5, 0.6) is 0 Å². The first-order chi connectivity index (χ1) is 7.24. The minimum absolute atomic E-state index is 0.739. The molecule has 0 spiro atoms. The number of likely N-dealkylation sites (tertiary alicyclic amines) is 1. The van der Waals surface area contributed by atoms with Gasteiger partial charge in [0.05, 0.1) is 5.03 Å². The summed E-state index contributed by atoms with van der Waals surface area (Å²) in [5.41, 5.74) is 0. The average molecular weight is 287 g/mol. The van der Waals surface area contributed by atoms with Crippen LogP contribution in [-0.2, 0) is 0 Å². The number of thioether (sulfide) groups is 1. The number of piperidine rings is 1. The molecule has 0 unspecified atom stereocenters. The predicted molar refractivity (Wildman–Crippen MR) is 68.3 cm³/mol. The summed E-state index contributed by atoms with van der Waals surface area (Å²) in [6.07, 6.45) is 2.55. The molecule has 0 aliphatic carbocycles. The smallest absolute Gasteiger partial charge is 0.107 e. The van der Waals surface area contributed by atoms with Gasteiger partial charge in [-0.1, -0.05) is 6.07 Å². The molecule has 15 heavy (non-hydrogen) atoms. The Morgan fingerprint density at radius 3 is 2.80 bits per heavy atom. The third-order valence-corrected chi connectivity index (χ3v) is 4.36. The van der Waals surface area contributed by atoms with Gasteiger partial charge in [0.25, 0.3) is 0 Å². The van der Waals surface area contributed by atoms with Gasteiger partial charge in [0.2, 0.25) is 0 Å². The molecule has 1 fully saturated rings. The van der Waals surface area contributed by atoms with E-state index in [1.807, 2.05) is 23.9 Å². The molecule has 0 N–H and O–H groups in total. The highest BCUT2D eigenvalue weighted by atomic mass is 79.9. The van der Waals surface area contributed by atoms with Crippen molar-refractivity contribution < 1.29 is 0 Å². The van der Waals surface area contributed by atoms with Crippen molar-refractivity contribution >= 4 is 27.7 Å². The molecule has 0 bridgehead atoms. The summed E-state index contributed by atoms with van der Waals surface area (Å²) in [7, 11) is 2.19. The third-order valence-electron chi connectivity index (χ3n) is 2.64. The second-order valence-electron chi connectivity index (χ2n) is 3.92. The van der Waals surface area contributed by atoms with Crippen molar-refractivity contribution in [2.45, 2.75) is 23.1 Å². The van der Waals surface area contributed by atoms with Crippen LogP contribution in [0.1, 0.15) is 12.8 Å². The van der Waals surface area contributed by atoms with Gasteiger partial charge in [0.15, 0.2) is 0 Å². The zero-order valence-corrected chi connectivity index (χ0v) is 11.2. The maximum atomic E-state index is 4.45. The predicted octanol–water partition coefficient (Wildman–Crippen LogP) is 3.03. The molecule has 82 valence electrons. The molecule has 2 heterocycles. The van der Waals surface area contributed by atoms with Crippen LogP contribution in [0.15, 0.2) is 27.8 Å². The van der Waals surface area contributed by atoms with Crippen molar-refractivity contribution in [3.8, 4) is 0 Å². The summed E-state index contributed by atoms with van der Waals surface area (Å²) in [5.74, 6) is 0. The minimum Gasteiger partial charge on any atom is -0.306 e. The minimum atomic E-state index is 0.739. The van der Waals surface area contributed by atoms with Crippen LogP contribution in [0, 0.1) is 0 Å². The molecule has 1 aliphatic heterocycles. The van der Waals surface area contributed by atoms with Crippen molar-refractivity contribution in [2.24, 2.45) is 0 Å². The molecule has 2 rings (SSSR count). The van der Waals surface area contributed by atoms with Gasteiger partial charge in [-0.05, 0) is 61.0 Å². The maximum absolute atomic E-state index is 4.45. The lowest BCUT2D eigenvalue weighted by Gasteiger charge is -2.28. The van der Waals surface area contributed by atoms with Gasteiger partial charge < -0.3 is 4.90 Å². The molecule has 0 radical (unpaired) electrons. The monoisotopic (exact) mass is 286 g/mol. The molecule has 0 atom stereocenters. The lowest BCUT2D eigenvalue weighted by atomic mass is 10.1. The van der Waals surface area contributed by atoms with E-state index in [0.717, 1.165) is 14.9 Å². The first-order valence-corrected chi connectivity index (χ1v) is 6.89. The summed E-state index contributed by atoms with van der Waals surface area (Å²) in [6.45, 7) is 2.43. The average Bonchev–Trinajstić information content (AvgIpc) is 2.22. The largest absolute Gasteiger partial charge is 0.306 e. The highest BCUT2D eigenvalue weighted by Crippen LogP contribution is 2.29. The fourth-order valence-corrected chi connectivity index (χ4v) is 3.29. The highest BCUT2D eigenvalue weighted by Gasteiger charge is 2.17. The SMILES string of the molecule is CN1CCC(Sc2cccc(Br)n2)CC1. The van der Waals surface area contributed by atoms with Gasteiger partial charge in [0.1, 0.15) is 4.60 Å². The fraction of sp³-hybridized carbons (Fsp3) is 0.545. The molecule has 1 aromatic rings. The second-order valence-corrected chi connectivity index (χ2v) is 6.05. The van der Waals surface area contributed by atoms with Crippen molar-refractivity contribution in [2.75, 3.05) is 20.1 Å². The number of hydrogen-bond acceptors (Lipinski definition) is 3. The van der Waals surface area contributed by atoms with Gasteiger partial charge in [-0.15, -0.1) is 11.8 Å². The summed E-state index contributed by atoms with van der Waals surface area (Å²) < 4.78 is 0.931. The molecular weight excluding hydrogens is 272 g/mol. The van der Waals surface area contributed by atoms with Crippen molar-refractivity contribution in [3.05, 3.63) is 22.8 Å². The highest BCUT2D eigenvalue weighted by molar-refractivity contribution is 9.10. The number of pyridine rings is 1. The standard InChI is InChI=1S/C11H15BrN2S/c1-14-7-5-9(6-8-14)15-11-4-2-3-10(12)13-11/h2-4,9H,5-8H2,1H3. The lowest BCUT2D eigenvalue weighted by molar-refractivity contribution is 0.282. The van der Waals surface area contributed by atoms with E-state index in [-0.39, 0.29) is 0 Å². The van der Waals surface area contributed by atoms with E-state index in [9.17, 15) is 0 Å². The quantitative estimate of drug-likeness (QED) is 0.778. The fourth-order valence-electron chi connectivity index (χ4n) is 1.73. The van der Waals surface area contributed by atoms with Crippen molar-refractivity contribution in [3.63, 3.8) is 0 Å². The van der Waals surface area contributed by atoms with E-state index in [1.165, 1.54) is 25.9 Å². The molecule has 1 aliphatic rings. The molecule has 1 aromatic heterocycles. The van der Waals surface area contributed by atoms with Crippen LogP contribution < -0.4 is 0 Å². The van der Waals surface area contributed by atoms with E-state index >= 15 is 0 Å². The van der Waals surface area contributed by atoms with E-state index in [2.05, 4.69) is 38.9 Å². The number of rotatable bonds is 2. The first-order valence-electron chi connectivity index (χ1n) is 5.22. The second kappa shape index (κ2) is 5.32. The van der Waals surface area contributed by atoms with Gasteiger partial charge in [-0.25, -0.2) is 4.98 Å². The van der Waals surface area contributed by atoms with Crippen LogP contribution in [0.3, 0.4) is 0 Å². The summed E-state index contributed by atoms with van der Waals surface area (Å²) in [6, 6.07) is 6.11. The number of aromatic nitrogens is 1. The molecule has 1 saturated heterocycles. The van der Waals surface area contributed by atoms with Crippen LogP contribution in [0.2, 0.25) is 0 Å². The summed E-state index contributed by atoms with van der Waals surface area (Å²) >= 11 is 5.32. The van der Waals surface area contributed by atoms with Crippen LogP contribution in [-0.4, -0.2) is 35.3 Å². The Morgan fingerprint density at radius 2 is 2.13 bits per heavy atom. The maximum Gasteiger partial charge on any atom is 0.107 e. The zero-order valence-electron chi connectivity index (χ0n) is 8.82. The Labute approximate surface area is 104 Å². The Bertz CT molecular complexity index is 324. The Kier molecular flexibility index (Phi) is 4.05. The lowest BCUT2D eigenvalue weighted by Crippen LogP contribution is -2.31. The van der Waals surface area contributed by atoms with E-state index < -0.39 is 0 Å². The van der Waals surface area contributed by atoms with Crippen molar-refractivity contribution in [1.29, 1.82) is 0 Å². The molecule has 0 amide bonds. The normalized spacial score (nSPS) is 19.3. The zero-order chi connectivity index (χ0) is 10.7. The summed E-state index contributed by atoms with van der Waals surface area (Å²) in [5, 5.41) is 1.88. The van der Waals surface area contributed by atoms with Gasteiger partial charge in [-0.3, -0.25) is 0 Å².